The van der Waals surface area contributed by atoms with E-state index in [-0.39, 0.29) is 11.4 Å². The second-order valence-electron chi connectivity index (χ2n) is 7.50. The van der Waals surface area contributed by atoms with Gasteiger partial charge in [0.05, 0.1) is 17.4 Å². The summed E-state index contributed by atoms with van der Waals surface area (Å²) in [7, 11) is 0. The van der Waals surface area contributed by atoms with Crippen molar-refractivity contribution in [2.45, 2.75) is 25.4 Å². The molecule has 0 bridgehead atoms. The lowest BCUT2D eigenvalue weighted by atomic mass is 9.89. The average Bonchev–Trinajstić information content (AvgIpc) is 2.79. The van der Waals surface area contributed by atoms with Crippen molar-refractivity contribution >= 4 is 34.2 Å². The van der Waals surface area contributed by atoms with E-state index in [2.05, 4.69) is 32.5 Å². The molecule has 2 aromatic heterocycles. The minimum atomic E-state index is -0.379. The Bertz CT molecular complexity index is 1090. The molecule has 3 aromatic rings. The summed E-state index contributed by atoms with van der Waals surface area (Å²) < 4.78 is 0. The molecule has 3 heterocycles. The molecular weight excluding hydrogens is 408 g/mol. The summed E-state index contributed by atoms with van der Waals surface area (Å²) in [5.74, 6) is 0.665. The van der Waals surface area contributed by atoms with Crippen LogP contribution < -0.4 is 16.4 Å². The molecule has 1 unspecified atom stereocenters. The van der Waals surface area contributed by atoms with Crippen molar-refractivity contribution in [3.8, 4) is 0 Å². The predicted octanol–water partition coefficient (Wildman–Crippen LogP) is 4.01. The highest BCUT2D eigenvalue weighted by atomic mass is 32.2. The van der Waals surface area contributed by atoms with Gasteiger partial charge in [0.15, 0.2) is 5.17 Å². The molecule has 1 aliphatic rings. The fourth-order valence-corrected chi connectivity index (χ4v) is 4.33. The second-order valence-corrected chi connectivity index (χ2v) is 8.61. The van der Waals surface area contributed by atoms with E-state index in [1.807, 2.05) is 42.5 Å². The number of thioether (sulfide) groups is 1. The largest absolute Gasteiger partial charge is 0.380 e. The minimum absolute atomic E-state index is 0.259. The number of amidine groups is 1. The Morgan fingerprint density at radius 3 is 2.74 bits per heavy atom. The molecule has 4 rings (SSSR count). The van der Waals surface area contributed by atoms with Crippen LogP contribution in [0.15, 0.2) is 72.1 Å². The lowest BCUT2D eigenvalue weighted by Gasteiger charge is -2.30. The minimum Gasteiger partial charge on any atom is -0.380 e. The van der Waals surface area contributed by atoms with Crippen molar-refractivity contribution in [1.82, 2.24) is 9.97 Å². The predicted molar refractivity (Wildman–Crippen MR) is 126 cm³/mol. The summed E-state index contributed by atoms with van der Waals surface area (Å²) in [4.78, 5) is 25.6. The molecule has 1 aliphatic heterocycles. The third kappa shape index (κ3) is 5.21. The van der Waals surface area contributed by atoms with Crippen molar-refractivity contribution in [3.63, 3.8) is 0 Å². The molecule has 0 saturated heterocycles. The van der Waals surface area contributed by atoms with Gasteiger partial charge in [-0.2, -0.15) is 0 Å². The highest BCUT2D eigenvalue weighted by Crippen LogP contribution is 2.35. The second kappa shape index (κ2) is 9.18. The first kappa shape index (κ1) is 20.9. The monoisotopic (exact) mass is 432 g/mol. The summed E-state index contributed by atoms with van der Waals surface area (Å²) in [6.45, 7) is 2.73. The van der Waals surface area contributed by atoms with Crippen LogP contribution in [0.4, 0.5) is 11.4 Å². The molecule has 4 N–H and O–H groups in total. The Kier molecular flexibility index (Phi) is 6.18. The van der Waals surface area contributed by atoms with Gasteiger partial charge < -0.3 is 16.4 Å². The van der Waals surface area contributed by atoms with Gasteiger partial charge in [-0.05, 0) is 60.9 Å². The zero-order chi connectivity index (χ0) is 21.7. The number of hydrogen-bond donors (Lipinski definition) is 3. The first-order chi connectivity index (χ1) is 15.0. The lowest BCUT2D eigenvalue weighted by molar-refractivity contribution is 0.102. The fraction of sp³-hybridized carbons (Fsp3) is 0.217. The standard InChI is InChI=1S/C23H24N6OS/c1-23(9-12-31-22(24)29-23)17-3-2-4-18(13-17)28-21(30)20-6-5-19(15-27-20)26-14-16-7-10-25-11-8-16/h2-8,10-11,13,15,26H,9,12,14H2,1H3,(H2,24,29)(H,28,30). The summed E-state index contributed by atoms with van der Waals surface area (Å²) in [5.41, 5.74) is 9.60. The van der Waals surface area contributed by atoms with Gasteiger partial charge in [-0.3, -0.25) is 14.8 Å². The molecule has 7 nitrogen and oxygen atoms in total. The SMILES string of the molecule is CC1(c2cccc(NC(=O)c3ccc(NCc4ccncc4)cn3)c2)CCSC(N)=N1. The highest BCUT2D eigenvalue weighted by Gasteiger charge is 2.29. The number of aromatic nitrogens is 2. The van der Waals surface area contributed by atoms with E-state index in [1.54, 1.807) is 36.4 Å². The van der Waals surface area contributed by atoms with Crippen LogP contribution in [0.5, 0.6) is 0 Å². The van der Waals surface area contributed by atoms with Gasteiger partial charge in [-0.15, -0.1) is 0 Å². The van der Waals surface area contributed by atoms with E-state index in [9.17, 15) is 4.79 Å². The maximum atomic E-state index is 12.7. The molecule has 0 fully saturated rings. The lowest BCUT2D eigenvalue weighted by Crippen LogP contribution is -2.28. The molecule has 1 aromatic carbocycles. The van der Waals surface area contributed by atoms with Gasteiger partial charge >= 0.3 is 0 Å². The molecule has 0 spiro atoms. The maximum Gasteiger partial charge on any atom is 0.274 e. The Morgan fingerprint density at radius 1 is 1.16 bits per heavy atom. The van der Waals surface area contributed by atoms with E-state index >= 15 is 0 Å². The quantitative estimate of drug-likeness (QED) is 0.544. The number of aliphatic imine (C=N–C) groups is 1. The summed E-state index contributed by atoms with van der Waals surface area (Å²) in [5, 5.41) is 6.81. The number of carbonyl (C=O) groups is 1. The topological polar surface area (TPSA) is 105 Å². The smallest absolute Gasteiger partial charge is 0.274 e. The summed E-state index contributed by atoms with van der Waals surface area (Å²) in [6.07, 6.45) is 6.06. The molecule has 1 amide bonds. The van der Waals surface area contributed by atoms with E-state index in [0.29, 0.717) is 23.1 Å². The number of nitrogens with zero attached hydrogens (tertiary/aromatic N) is 3. The van der Waals surface area contributed by atoms with Crippen LogP contribution >= 0.6 is 11.8 Å². The number of carbonyl (C=O) groups excluding carboxylic acids is 1. The van der Waals surface area contributed by atoms with Crippen LogP contribution in [0.3, 0.4) is 0 Å². The van der Waals surface area contributed by atoms with Crippen molar-refractivity contribution in [1.29, 1.82) is 0 Å². The number of pyridine rings is 2. The zero-order valence-electron chi connectivity index (χ0n) is 17.2. The first-order valence-electron chi connectivity index (χ1n) is 10.0. The molecule has 158 valence electrons. The third-order valence-corrected chi connectivity index (χ3v) is 5.98. The van der Waals surface area contributed by atoms with Crippen LogP contribution in [0.25, 0.3) is 0 Å². The van der Waals surface area contributed by atoms with E-state index in [0.717, 1.165) is 29.0 Å². The van der Waals surface area contributed by atoms with Crippen molar-refractivity contribution in [2.24, 2.45) is 10.7 Å². The van der Waals surface area contributed by atoms with Crippen LogP contribution in [-0.4, -0.2) is 26.8 Å². The molecule has 1 atom stereocenters. The van der Waals surface area contributed by atoms with Gasteiger partial charge in [0.2, 0.25) is 0 Å². The van der Waals surface area contributed by atoms with Gasteiger partial charge in [0.1, 0.15) is 5.69 Å². The summed E-state index contributed by atoms with van der Waals surface area (Å²) >= 11 is 1.57. The van der Waals surface area contributed by atoms with Gasteiger partial charge in [-0.1, -0.05) is 23.9 Å². The molecular formula is C23H24N6OS. The number of nitrogens with one attached hydrogen (secondary N) is 2. The molecule has 31 heavy (non-hydrogen) atoms. The van der Waals surface area contributed by atoms with Crippen molar-refractivity contribution in [3.05, 3.63) is 83.9 Å². The highest BCUT2D eigenvalue weighted by molar-refractivity contribution is 8.13. The number of anilines is 2. The normalized spacial score (nSPS) is 18.2. The zero-order valence-corrected chi connectivity index (χ0v) is 18.0. The third-order valence-electron chi connectivity index (χ3n) is 5.18. The molecule has 8 heteroatoms. The number of rotatable bonds is 6. The van der Waals surface area contributed by atoms with E-state index in [4.69, 9.17) is 5.73 Å². The Morgan fingerprint density at radius 2 is 2.00 bits per heavy atom. The van der Waals surface area contributed by atoms with Crippen LogP contribution in [0.2, 0.25) is 0 Å². The Labute approximate surface area is 185 Å². The summed E-state index contributed by atoms with van der Waals surface area (Å²) in [6, 6.07) is 15.2. The van der Waals surface area contributed by atoms with Gasteiger partial charge in [0, 0.05) is 30.4 Å². The molecule has 0 radical (unpaired) electrons. The first-order valence-corrected chi connectivity index (χ1v) is 11.0. The maximum absolute atomic E-state index is 12.7. The van der Waals surface area contributed by atoms with E-state index < -0.39 is 0 Å². The van der Waals surface area contributed by atoms with Crippen molar-refractivity contribution < 1.29 is 4.79 Å². The molecule has 0 aliphatic carbocycles. The molecule has 0 saturated carbocycles. The number of nitrogens with two attached hydrogens (primary N) is 1. The van der Waals surface area contributed by atoms with E-state index in [1.165, 1.54) is 0 Å². The van der Waals surface area contributed by atoms with Crippen LogP contribution in [-0.2, 0) is 12.1 Å². The number of benzene rings is 1. The van der Waals surface area contributed by atoms with Gasteiger partial charge in [-0.25, -0.2) is 4.98 Å². The van der Waals surface area contributed by atoms with Crippen LogP contribution in [0.1, 0.15) is 35.0 Å². The van der Waals surface area contributed by atoms with Gasteiger partial charge in [0.25, 0.3) is 5.91 Å². The van der Waals surface area contributed by atoms with Crippen molar-refractivity contribution in [2.75, 3.05) is 16.4 Å². The Hall–Kier alpha value is -3.39. The average molecular weight is 433 g/mol. The Balaban J connectivity index is 1.41. The number of amides is 1. The van der Waals surface area contributed by atoms with Crippen LogP contribution in [0, 0.1) is 0 Å². The fourth-order valence-electron chi connectivity index (χ4n) is 3.36. The number of hydrogen-bond acceptors (Lipinski definition) is 7.